The molecule has 9 heteroatoms. The molecule has 0 spiro atoms. The molecule has 0 saturated heterocycles. The lowest BCUT2D eigenvalue weighted by molar-refractivity contribution is -0.137. The minimum atomic E-state index is -4.65. The zero-order valence-corrected chi connectivity index (χ0v) is 15.1. The zero-order chi connectivity index (χ0) is 21.2. The van der Waals surface area contributed by atoms with Gasteiger partial charge in [0, 0.05) is 23.9 Å². The van der Waals surface area contributed by atoms with Crippen molar-refractivity contribution < 1.29 is 22.4 Å². The number of hydrogen-bond donors (Lipinski definition) is 1. The number of rotatable bonds is 4. The van der Waals surface area contributed by atoms with E-state index in [1.165, 1.54) is 43.3 Å². The number of nitrogens with one attached hydrogen (secondary N) is 1. The molecule has 0 unspecified atom stereocenters. The summed E-state index contributed by atoms with van der Waals surface area (Å²) < 4.78 is 54.6. The SMILES string of the molecule is Cc1cc(=O)c(C(=O)NCc2ccccc2F)nn1-c1ccccc1C(F)(F)F. The standard InChI is InChI=1S/C20H15F4N3O2/c1-12-10-17(28)18(19(29)25-11-13-6-2-4-8-15(13)21)26-27(12)16-9-5-3-7-14(16)20(22,23)24/h2-10H,11H2,1H3,(H,25,29). The number of aromatic nitrogens is 2. The number of hydrogen-bond acceptors (Lipinski definition) is 3. The first-order valence-corrected chi connectivity index (χ1v) is 8.47. The van der Waals surface area contributed by atoms with E-state index in [1.54, 1.807) is 6.07 Å². The summed E-state index contributed by atoms with van der Waals surface area (Å²) in [5.41, 5.74) is -2.32. The molecule has 0 aliphatic rings. The monoisotopic (exact) mass is 405 g/mol. The van der Waals surface area contributed by atoms with Crippen molar-refractivity contribution in [3.63, 3.8) is 0 Å². The van der Waals surface area contributed by atoms with Crippen LogP contribution in [0.2, 0.25) is 0 Å². The molecule has 5 nitrogen and oxygen atoms in total. The predicted octanol–water partition coefficient (Wildman–Crippen LogP) is 3.63. The maximum atomic E-state index is 13.7. The highest BCUT2D eigenvalue weighted by molar-refractivity contribution is 5.92. The van der Waals surface area contributed by atoms with Crippen LogP contribution in [0, 0.1) is 12.7 Å². The Morgan fingerprint density at radius 2 is 1.76 bits per heavy atom. The molecule has 0 bridgehead atoms. The van der Waals surface area contributed by atoms with Crippen LogP contribution in [0.15, 0.2) is 59.4 Å². The third kappa shape index (κ3) is 4.34. The molecule has 0 radical (unpaired) electrons. The Morgan fingerprint density at radius 3 is 2.45 bits per heavy atom. The smallest absolute Gasteiger partial charge is 0.346 e. The fourth-order valence-electron chi connectivity index (χ4n) is 2.75. The molecule has 0 saturated carbocycles. The summed E-state index contributed by atoms with van der Waals surface area (Å²) in [5, 5.41) is 6.21. The molecule has 3 aromatic rings. The molecule has 29 heavy (non-hydrogen) atoms. The molecular formula is C20H15F4N3O2. The molecule has 1 heterocycles. The largest absolute Gasteiger partial charge is 0.418 e. The van der Waals surface area contributed by atoms with Gasteiger partial charge in [-0.25, -0.2) is 9.07 Å². The highest BCUT2D eigenvalue weighted by atomic mass is 19.4. The van der Waals surface area contributed by atoms with E-state index < -0.39 is 34.6 Å². The Hall–Kier alpha value is -3.49. The topological polar surface area (TPSA) is 64.0 Å². The number of carbonyl (C=O) groups excluding carboxylic acids is 1. The Kier molecular flexibility index (Phi) is 5.49. The van der Waals surface area contributed by atoms with Crippen LogP contribution in [0.3, 0.4) is 0 Å². The van der Waals surface area contributed by atoms with Gasteiger partial charge in [-0.05, 0) is 25.1 Å². The number of amides is 1. The lowest BCUT2D eigenvalue weighted by Crippen LogP contribution is -2.32. The summed E-state index contributed by atoms with van der Waals surface area (Å²) in [6, 6.07) is 11.4. The van der Waals surface area contributed by atoms with E-state index in [1.807, 2.05) is 0 Å². The van der Waals surface area contributed by atoms with Crippen molar-refractivity contribution in [1.29, 1.82) is 0 Å². The molecular weight excluding hydrogens is 390 g/mol. The van der Waals surface area contributed by atoms with Gasteiger partial charge in [0.25, 0.3) is 5.91 Å². The fraction of sp³-hybridized carbons (Fsp3) is 0.150. The quantitative estimate of drug-likeness (QED) is 0.675. The summed E-state index contributed by atoms with van der Waals surface area (Å²) >= 11 is 0. The second kappa shape index (κ2) is 7.86. The van der Waals surface area contributed by atoms with Crippen LogP contribution in [0.1, 0.15) is 27.3 Å². The summed E-state index contributed by atoms with van der Waals surface area (Å²) in [6.45, 7) is 1.20. The van der Waals surface area contributed by atoms with Gasteiger partial charge in [0.15, 0.2) is 5.69 Å². The van der Waals surface area contributed by atoms with Crippen molar-refractivity contribution >= 4 is 5.91 Å². The van der Waals surface area contributed by atoms with E-state index in [0.717, 1.165) is 16.8 Å². The van der Waals surface area contributed by atoms with E-state index in [4.69, 9.17) is 0 Å². The molecule has 150 valence electrons. The predicted molar refractivity (Wildman–Crippen MR) is 97.1 cm³/mol. The van der Waals surface area contributed by atoms with Crippen molar-refractivity contribution in [1.82, 2.24) is 15.1 Å². The van der Waals surface area contributed by atoms with E-state index in [0.29, 0.717) is 0 Å². The number of nitrogens with zero attached hydrogens (tertiary/aromatic N) is 2. The summed E-state index contributed by atoms with van der Waals surface area (Å²) in [4.78, 5) is 24.6. The zero-order valence-electron chi connectivity index (χ0n) is 15.1. The maximum Gasteiger partial charge on any atom is 0.418 e. The minimum Gasteiger partial charge on any atom is -0.346 e. The highest BCUT2D eigenvalue weighted by Gasteiger charge is 2.34. The van der Waals surface area contributed by atoms with Crippen molar-refractivity contribution in [2.24, 2.45) is 0 Å². The Bertz CT molecular complexity index is 1120. The van der Waals surface area contributed by atoms with Crippen LogP contribution >= 0.6 is 0 Å². The Morgan fingerprint density at radius 1 is 1.10 bits per heavy atom. The second-order valence-corrected chi connectivity index (χ2v) is 6.20. The number of benzene rings is 2. The van der Waals surface area contributed by atoms with Crippen molar-refractivity contribution in [3.8, 4) is 5.69 Å². The number of halogens is 4. The van der Waals surface area contributed by atoms with Crippen LogP contribution < -0.4 is 10.7 Å². The maximum absolute atomic E-state index is 13.7. The van der Waals surface area contributed by atoms with Crippen molar-refractivity contribution in [2.45, 2.75) is 19.6 Å². The van der Waals surface area contributed by atoms with Crippen LogP contribution in [0.4, 0.5) is 17.6 Å². The summed E-state index contributed by atoms with van der Waals surface area (Å²) in [5.74, 6) is -1.46. The molecule has 2 aromatic carbocycles. The van der Waals surface area contributed by atoms with Crippen molar-refractivity contribution in [3.05, 3.63) is 93.2 Å². The number of para-hydroxylation sites is 1. The molecule has 1 N–H and O–H groups in total. The van der Waals surface area contributed by atoms with Gasteiger partial charge >= 0.3 is 6.18 Å². The van der Waals surface area contributed by atoms with E-state index in [2.05, 4.69) is 10.4 Å². The molecule has 3 rings (SSSR count). The second-order valence-electron chi connectivity index (χ2n) is 6.20. The van der Waals surface area contributed by atoms with Gasteiger partial charge in [0.2, 0.25) is 5.43 Å². The van der Waals surface area contributed by atoms with Crippen LogP contribution in [-0.2, 0) is 12.7 Å². The molecule has 0 aliphatic carbocycles. The average molecular weight is 405 g/mol. The van der Waals surface area contributed by atoms with Crippen LogP contribution in [0.5, 0.6) is 0 Å². The first-order valence-electron chi connectivity index (χ1n) is 8.47. The van der Waals surface area contributed by atoms with E-state index >= 15 is 0 Å². The summed E-state index contributed by atoms with van der Waals surface area (Å²) in [6.07, 6.45) is -4.65. The minimum absolute atomic E-state index is 0.123. The Balaban J connectivity index is 1.98. The molecule has 1 amide bonds. The van der Waals surface area contributed by atoms with Crippen molar-refractivity contribution in [2.75, 3.05) is 0 Å². The average Bonchev–Trinajstić information content (AvgIpc) is 2.66. The van der Waals surface area contributed by atoms with Crippen LogP contribution in [-0.4, -0.2) is 15.7 Å². The third-order valence-electron chi connectivity index (χ3n) is 4.16. The number of aryl methyl sites for hydroxylation is 1. The lowest BCUT2D eigenvalue weighted by Gasteiger charge is -2.16. The van der Waals surface area contributed by atoms with Gasteiger partial charge in [-0.2, -0.15) is 18.3 Å². The first-order chi connectivity index (χ1) is 13.7. The highest BCUT2D eigenvalue weighted by Crippen LogP contribution is 2.33. The van der Waals surface area contributed by atoms with Gasteiger partial charge < -0.3 is 5.32 Å². The Labute approximate surface area is 162 Å². The molecule has 0 atom stereocenters. The van der Waals surface area contributed by atoms with Gasteiger partial charge in [0.1, 0.15) is 5.82 Å². The van der Waals surface area contributed by atoms with E-state index in [-0.39, 0.29) is 23.5 Å². The van der Waals surface area contributed by atoms with Gasteiger partial charge in [-0.1, -0.05) is 30.3 Å². The molecule has 0 fully saturated rings. The van der Waals surface area contributed by atoms with E-state index in [9.17, 15) is 27.2 Å². The third-order valence-corrected chi connectivity index (χ3v) is 4.16. The lowest BCUT2D eigenvalue weighted by atomic mass is 10.1. The normalized spacial score (nSPS) is 11.3. The van der Waals surface area contributed by atoms with Gasteiger partial charge in [-0.3, -0.25) is 9.59 Å². The fourth-order valence-corrected chi connectivity index (χ4v) is 2.75. The molecule has 1 aromatic heterocycles. The first kappa shape index (κ1) is 20.2. The summed E-state index contributed by atoms with van der Waals surface area (Å²) in [7, 11) is 0. The van der Waals surface area contributed by atoms with Crippen LogP contribution in [0.25, 0.3) is 5.69 Å². The molecule has 0 aliphatic heterocycles. The number of carbonyl (C=O) groups is 1. The van der Waals surface area contributed by atoms with Gasteiger partial charge in [-0.15, -0.1) is 0 Å². The number of alkyl halides is 3. The van der Waals surface area contributed by atoms with Gasteiger partial charge in [0.05, 0.1) is 11.3 Å².